The van der Waals surface area contributed by atoms with Crippen molar-refractivity contribution in [1.29, 1.82) is 0 Å². The second-order valence-electron chi connectivity index (χ2n) is 7.07. The predicted molar refractivity (Wildman–Crippen MR) is 119 cm³/mol. The first kappa shape index (κ1) is 19.6. The molecule has 3 aromatic rings. The van der Waals surface area contributed by atoms with Gasteiger partial charge in [0.2, 0.25) is 0 Å². The minimum Gasteiger partial charge on any atom is -0.310 e. The smallest absolute Gasteiger partial charge is 0.268 e. The SMILES string of the molecule is O=C(c1cccs1)N1CCS[C@]12C(=O)N(Cc1ccccc1Cl)c1ccc(F)cc12. The molecule has 2 aliphatic rings. The molecule has 1 aromatic heterocycles. The lowest BCUT2D eigenvalue weighted by atomic mass is 10.1. The third kappa shape index (κ3) is 2.87. The molecule has 4 nitrogen and oxygen atoms in total. The summed E-state index contributed by atoms with van der Waals surface area (Å²) >= 11 is 9.05. The molecule has 1 spiro atoms. The first-order valence-electron chi connectivity index (χ1n) is 9.37. The quantitative estimate of drug-likeness (QED) is 0.546. The minimum atomic E-state index is -1.26. The molecule has 1 saturated heterocycles. The fourth-order valence-electron chi connectivity index (χ4n) is 4.07. The number of fused-ring (bicyclic) bond motifs is 2. The Bertz CT molecular complexity index is 1150. The second-order valence-corrected chi connectivity index (χ2v) is 9.71. The average Bonchev–Trinajstić information content (AvgIpc) is 3.47. The molecule has 0 radical (unpaired) electrons. The van der Waals surface area contributed by atoms with Gasteiger partial charge in [-0.15, -0.1) is 23.1 Å². The molecular weight excluding hydrogens is 443 g/mol. The number of rotatable bonds is 3. The van der Waals surface area contributed by atoms with E-state index in [1.165, 1.54) is 35.2 Å². The van der Waals surface area contributed by atoms with E-state index in [4.69, 9.17) is 11.6 Å². The molecule has 152 valence electrons. The van der Waals surface area contributed by atoms with Crippen LogP contribution in [0.3, 0.4) is 0 Å². The van der Waals surface area contributed by atoms with Crippen molar-refractivity contribution in [1.82, 2.24) is 4.90 Å². The summed E-state index contributed by atoms with van der Waals surface area (Å²) in [5.74, 6) is -0.288. The van der Waals surface area contributed by atoms with Gasteiger partial charge in [0.25, 0.3) is 11.8 Å². The lowest BCUT2D eigenvalue weighted by Crippen LogP contribution is -2.50. The van der Waals surface area contributed by atoms with Crippen LogP contribution in [0.15, 0.2) is 60.0 Å². The van der Waals surface area contributed by atoms with E-state index in [1.807, 2.05) is 29.6 Å². The van der Waals surface area contributed by atoms with Crippen LogP contribution in [0, 0.1) is 5.82 Å². The summed E-state index contributed by atoms with van der Waals surface area (Å²) in [7, 11) is 0. The number of anilines is 1. The van der Waals surface area contributed by atoms with Crippen molar-refractivity contribution in [3.63, 3.8) is 0 Å². The highest BCUT2D eigenvalue weighted by Gasteiger charge is 2.59. The standard InChI is InChI=1S/C22H16ClFN2O2S2/c23-17-5-2-1-4-14(17)13-25-18-8-7-15(24)12-16(18)22(21(25)28)26(9-11-30-22)20(27)19-6-3-10-29-19/h1-8,10,12H,9,11,13H2/t22-/m1/s1. The number of carbonyl (C=O) groups excluding carboxylic acids is 2. The fraction of sp³-hybridized carbons (Fsp3) is 0.182. The van der Waals surface area contributed by atoms with E-state index >= 15 is 0 Å². The number of hydrogen-bond donors (Lipinski definition) is 0. The normalized spacial score (nSPS) is 20.3. The maximum atomic E-state index is 14.3. The Labute approximate surface area is 186 Å². The molecule has 1 atom stereocenters. The van der Waals surface area contributed by atoms with Crippen LogP contribution in [-0.2, 0) is 16.2 Å². The molecule has 1 fully saturated rings. The lowest BCUT2D eigenvalue weighted by Gasteiger charge is -2.33. The van der Waals surface area contributed by atoms with Crippen molar-refractivity contribution in [2.45, 2.75) is 11.4 Å². The summed E-state index contributed by atoms with van der Waals surface area (Å²) in [5, 5.41) is 2.39. The Kier molecular flexibility index (Phi) is 4.84. The molecular formula is C22H16ClFN2O2S2. The van der Waals surface area contributed by atoms with Crippen molar-refractivity contribution in [3.05, 3.63) is 86.8 Å². The molecule has 30 heavy (non-hydrogen) atoms. The van der Waals surface area contributed by atoms with Gasteiger partial charge in [-0.05, 0) is 41.3 Å². The van der Waals surface area contributed by atoms with Crippen LogP contribution in [0.25, 0.3) is 0 Å². The van der Waals surface area contributed by atoms with Gasteiger partial charge >= 0.3 is 0 Å². The van der Waals surface area contributed by atoms with Gasteiger partial charge in [-0.2, -0.15) is 0 Å². The van der Waals surface area contributed by atoms with E-state index in [9.17, 15) is 14.0 Å². The van der Waals surface area contributed by atoms with E-state index in [0.717, 1.165) is 5.56 Å². The number of nitrogens with zero attached hydrogens (tertiary/aromatic N) is 2. The highest BCUT2D eigenvalue weighted by atomic mass is 35.5. The molecule has 0 bridgehead atoms. The van der Waals surface area contributed by atoms with Crippen molar-refractivity contribution in [2.24, 2.45) is 0 Å². The van der Waals surface area contributed by atoms with Crippen molar-refractivity contribution < 1.29 is 14.0 Å². The number of thiophene rings is 1. The number of benzene rings is 2. The van der Waals surface area contributed by atoms with E-state index in [-0.39, 0.29) is 18.4 Å². The first-order valence-corrected chi connectivity index (χ1v) is 11.6. The molecule has 2 aromatic carbocycles. The van der Waals surface area contributed by atoms with Gasteiger partial charge < -0.3 is 9.80 Å². The van der Waals surface area contributed by atoms with E-state index in [1.54, 1.807) is 28.0 Å². The molecule has 3 heterocycles. The number of hydrogen-bond acceptors (Lipinski definition) is 4. The van der Waals surface area contributed by atoms with Gasteiger partial charge in [0.1, 0.15) is 5.82 Å². The number of amides is 2. The summed E-state index contributed by atoms with van der Waals surface area (Å²) in [5.41, 5.74) is 1.92. The Morgan fingerprint density at radius 1 is 1.17 bits per heavy atom. The van der Waals surface area contributed by atoms with Gasteiger partial charge in [-0.1, -0.05) is 35.9 Å². The van der Waals surface area contributed by atoms with Crippen LogP contribution in [0.4, 0.5) is 10.1 Å². The second kappa shape index (κ2) is 7.41. The Morgan fingerprint density at radius 3 is 2.77 bits per heavy atom. The zero-order valence-corrected chi connectivity index (χ0v) is 18.1. The number of carbonyl (C=O) groups is 2. The van der Waals surface area contributed by atoms with Gasteiger partial charge in [0.15, 0.2) is 4.87 Å². The summed E-state index contributed by atoms with van der Waals surface area (Å²) in [4.78, 5) is 29.6. The zero-order chi connectivity index (χ0) is 20.9. The molecule has 2 aliphatic heterocycles. The van der Waals surface area contributed by atoms with Gasteiger partial charge in [-0.3, -0.25) is 9.59 Å². The largest absolute Gasteiger partial charge is 0.310 e. The number of halogens is 2. The van der Waals surface area contributed by atoms with E-state index in [0.29, 0.717) is 33.4 Å². The van der Waals surface area contributed by atoms with Crippen LogP contribution in [0.1, 0.15) is 20.8 Å². The maximum absolute atomic E-state index is 14.3. The van der Waals surface area contributed by atoms with Crippen LogP contribution < -0.4 is 4.90 Å². The van der Waals surface area contributed by atoms with Crippen molar-refractivity contribution >= 4 is 52.2 Å². The van der Waals surface area contributed by atoms with Gasteiger partial charge in [0, 0.05) is 22.9 Å². The van der Waals surface area contributed by atoms with Crippen LogP contribution in [0.5, 0.6) is 0 Å². The summed E-state index contributed by atoms with van der Waals surface area (Å²) in [6.45, 7) is 0.670. The Hall–Kier alpha value is -2.35. The molecule has 0 unspecified atom stereocenters. The molecule has 0 N–H and O–H groups in total. The molecule has 2 amide bonds. The highest BCUT2D eigenvalue weighted by molar-refractivity contribution is 8.01. The molecule has 8 heteroatoms. The fourth-order valence-corrected chi connectivity index (χ4v) is 6.39. The van der Waals surface area contributed by atoms with Crippen molar-refractivity contribution in [2.75, 3.05) is 17.2 Å². The third-order valence-corrected chi connectivity index (χ3v) is 8.06. The Balaban J connectivity index is 1.62. The molecule has 5 rings (SSSR count). The lowest BCUT2D eigenvalue weighted by molar-refractivity contribution is -0.123. The van der Waals surface area contributed by atoms with E-state index in [2.05, 4.69) is 0 Å². The predicted octanol–water partition coefficient (Wildman–Crippen LogP) is 5.13. The third-order valence-electron chi connectivity index (χ3n) is 5.42. The first-order chi connectivity index (χ1) is 14.5. The molecule has 0 saturated carbocycles. The highest BCUT2D eigenvalue weighted by Crippen LogP contribution is 2.55. The van der Waals surface area contributed by atoms with Crippen LogP contribution >= 0.6 is 34.7 Å². The maximum Gasteiger partial charge on any atom is 0.268 e. The van der Waals surface area contributed by atoms with E-state index < -0.39 is 10.7 Å². The monoisotopic (exact) mass is 458 g/mol. The summed E-state index contributed by atoms with van der Waals surface area (Å²) in [6.07, 6.45) is 0. The zero-order valence-electron chi connectivity index (χ0n) is 15.7. The van der Waals surface area contributed by atoms with Gasteiger partial charge in [-0.25, -0.2) is 4.39 Å². The van der Waals surface area contributed by atoms with Crippen LogP contribution in [-0.4, -0.2) is 29.0 Å². The van der Waals surface area contributed by atoms with Crippen molar-refractivity contribution in [3.8, 4) is 0 Å². The average molecular weight is 459 g/mol. The summed E-state index contributed by atoms with van der Waals surface area (Å²) in [6, 6.07) is 15.2. The minimum absolute atomic E-state index is 0.210. The Morgan fingerprint density at radius 2 is 2.00 bits per heavy atom. The molecule has 0 aliphatic carbocycles. The summed E-state index contributed by atoms with van der Waals surface area (Å²) < 4.78 is 14.3. The topological polar surface area (TPSA) is 40.6 Å². The van der Waals surface area contributed by atoms with Crippen LogP contribution in [0.2, 0.25) is 5.02 Å². The number of thioether (sulfide) groups is 1. The van der Waals surface area contributed by atoms with Gasteiger partial charge in [0.05, 0.1) is 17.1 Å².